The van der Waals surface area contributed by atoms with E-state index in [-0.39, 0.29) is 0 Å². The zero-order valence-electron chi connectivity index (χ0n) is 12.4. The standard InChI is InChI=1S/C19H18INO/c1-22-18-8-3-2-5-15(18)19-14-7-4-6-13(14)16-11-12(20)9-10-17(16)21-19/h2-6,8-11,13-14,19,21H,7H2,1H3. The first kappa shape index (κ1) is 14.1. The maximum atomic E-state index is 5.59. The van der Waals surface area contributed by atoms with Gasteiger partial charge in [0.15, 0.2) is 0 Å². The predicted octanol–water partition coefficient (Wildman–Crippen LogP) is 5.13. The number of halogens is 1. The van der Waals surface area contributed by atoms with Crippen LogP contribution in [0.1, 0.15) is 29.5 Å². The summed E-state index contributed by atoms with van der Waals surface area (Å²) >= 11 is 2.40. The summed E-state index contributed by atoms with van der Waals surface area (Å²) in [6.45, 7) is 0. The Kier molecular flexibility index (Phi) is 3.60. The Hall–Kier alpha value is -1.49. The largest absolute Gasteiger partial charge is 0.496 e. The van der Waals surface area contributed by atoms with Crippen molar-refractivity contribution in [1.82, 2.24) is 0 Å². The zero-order valence-corrected chi connectivity index (χ0v) is 14.6. The Balaban J connectivity index is 1.81. The molecular formula is C19H18INO. The van der Waals surface area contributed by atoms with Gasteiger partial charge in [-0.2, -0.15) is 0 Å². The smallest absolute Gasteiger partial charge is 0.124 e. The lowest BCUT2D eigenvalue weighted by molar-refractivity contribution is 0.381. The molecule has 0 aromatic heterocycles. The molecule has 2 nitrogen and oxygen atoms in total. The van der Waals surface area contributed by atoms with Gasteiger partial charge in [0.2, 0.25) is 0 Å². The van der Waals surface area contributed by atoms with Crippen molar-refractivity contribution >= 4 is 28.3 Å². The van der Waals surface area contributed by atoms with Crippen LogP contribution in [-0.2, 0) is 0 Å². The summed E-state index contributed by atoms with van der Waals surface area (Å²) in [6, 6.07) is 15.4. The molecule has 2 aromatic carbocycles. The van der Waals surface area contributed by atoms with Gasteiger partial charge in [0.1, 0.15) is 5.75 Å². The Morgan fingerprint density at radius 1 is 1.14 bits per heavy atom. The molecule has 22 heavy (non-hydrogen) atoms. The second-order valence-electron chi connectivity index (χ2n) is 5.95. The first-order valence-electron chi connectivity index (χ1n) is 7.63. The molecule has 1 aliphatic carbocycles. The second kappa shape index (κ2) is 5.61. The van der Waals surface area contributed by atoms with Gasteiger partial charge in [-0.15, -0.1) is 0 Å². The van der Waals surface area contributed by atoms with Gasteiger partial charge < -0.3 is 10.1 Å². The van der Waals surface area contributed by atoms with Gasteiger partial charge in [0, 0.05) is 20.7 Å². The van der Waals surface area contributed by atoms with Crippen LogP contribution in [0.15, 0.2) is 54.6 Å². The molecule has 0 radical (unpaired) electrons. The average Bonchev–Trinajstić information content (AvgIpc) is 3.04. The van der Waals surface area contributed by atoms with E-state index in [0.717, 1.165) is 12.2 Å². The average molecular weight is 403 g/mol. The lowest BCUT2D eigenvalue weighted by Crippen LogP contribution is -2.29. The van der Waals surface area contributed by atoms with Crippen LogP contribution in [0.25, 0.3) is 0 Å². The molecule has 2 aliphatic rings. The third-order valence-corrected chi connectivity index (χ3v) is 5.47. The highest BCUT2D eigenvalue weighted by atomic mass is 127. The molecule has 1 aliphatic heterocycles. The van der Waals surface area contributed by atoms with Crippen molar-refractivity contribution in [2.45, 2.75) is 18.4 Å². The molecule has 2 aromatic rings. The molecular weight excluding hydrogens is 385 g/mol. The second-order valence-corrected chi connectivity index (χ2v) is 7.19. The third kappa shape index (κ3) is 2.22. The van der Waals surface area contributed by atoms with Crippen LogP contribution >= 0.6 is 22.6 Å². The van der Waals surface area contributed by atoms with Crippen LogP contribution in [0.4, 0.5) is 5.69 Å². The number of methoxy groups -OCH3 is 1. The summed E-state index contributed by atoms with van der Waals surface area (Å²) in [4.78, 5) is 0. The number of rotatable bonds is 2. The fourth-order valence-electron chi connectivity index (χ4n) is 3.80. The number of fused-ring (bicyclic) bond motifs is 3. The highest BCUT2D eigenvalue weighted by Gasteiger charge is 2.38. The fourth-order valence-corrected chi connectivity index (χ4v) is 4.31. The number of allylic oxidation sites excluding steroid dienone is 2. The summed E-state index contributed by atoms with van der Waals surface area (Å²) in [6.07, 6.45) is 5.82. The summed E-state index contributed by atoms with van der Waals surface area (Å²) < 4.78 is 6.89. The number of nitrogens with one attached hydrogen (secondary N) is 1. The maximum absolute atomic E-state index is 5.59. The molecule has 0 spiro atoms. The normalized spacial score (nSPS) is 25.3. The predicted molar refractivity (Wildman–Crippen MR) is 98.5 cm³/mol. The summed E-state index contributed by atoms with van der Waals surface area (Å²) in [7, 11) is 1.75. The highest BCUT2D eigenvalue weighted by Crippen LogP contribution is 2.51. The number of hydrogen-bond donors (Lipinski definition) is 1. The van der Waals surface area contributed by atoms with E-state index in [1.54, 1.807) is 7.11 Å². The minimum Gasteiger partial charge on any atom is -0.496 e. The summed E-state index contributed by atoms with van der Waals surface area (Å²) in [5, 5.41) is 3.76. The van der Waals surface area contributed by atoms with Gasteiger partial charge in [-0.1, -0.05) is 30.4 Å². The van der Waals surface area contributed by atoms with Crippen LogP contribution in [0, 0.1) is 9.49 Å². The van der Waals surface area contributed by atoms with Crippen molar-refractivity contribution in [2.75, 3.05) is 12.4 Å². The van der Waals surface area contributed by atoms with E-state index in [1.165, 1.54) is 20.4 Å². The minimum absolute atomic E-state index is 0.295. The number of anilines is 1. The first-order valence-corrected chi connectivity index (χ1v) is 8.71. The Morgan fingerprint density at radius 3 is 2.86 bits per heavy atom. The van der Waals surface area contributed by atoms with Crippen LogP contribution in [0.3, 0.4) is 0 Å². The number of benzene rings is 2. The quantitative estimate of drug-likeness (QED) is 0.555. The van der Waals surface area contributed by atoms with Gasteiger partial charge in [0.05, 0.1) is 13.2 Å². The zero-order chi connectivity index (χ0) is 15.1. The SMILES string of the molecule is COc1ccccc1C1Nc2ccc(I)cc2C2C=CCC21. The third-order valence-electron chi connectivity index (χ3n) is 4.80. The molecule has 0 amide bonds. The van der Waals surface area contributed by atoms with E-state index in [9.17, 15) is 0 Å². The fraction of sp³-hybridized carbons (Fsp3) is 0.263. The van der Waals surface area contributed by atoms with E-state index in [4.69, 9.17) is 4.74 Å². The molecule has 3 unspecified atom stereocenters. The van der Waals surface area contributed by atoms with Crippen molar-refractivity contribution in [2.24, 2.45) is 5.92 Å². The van der Waals surface area contributed by atoms with Gasteiger partial charge in [-0.05, 0) is 64.8 Å². The van der Waals surface area contributed by atoms with Crippen molar-refractivity contribution in [3.05, 3.63) is 69.3 Å². The molecule has 0 saturated carbocycles. The molecule has 1 heterocycles. The highest BCUT2D eigenvalue weighted by molar-refractivity contribution is 14.1. The molecule has 0 fully saturated rings. The van der Waals surface area contributed by atoms with Crippen LogP contribution in [0.5, 0.6) is 5.75 Å². The van der Waals surface area contributed by atoms with Crippen molar-refractivity contribution in [3.63, 3.8) is 0 Å². The van der Waals surface area contributed by atoms with Crippen molar-refractivity contribution in [3.8, 4) is 5.75 Å². The Labute approximate surface area is 144 Å². The lowest BCUT2D eigenvalue weighted by atomic mass is 9.77. The van der Waals surface area contributed by atoms with Crippen molar-refractivity contribution < 1.29 is 4.74 Å². The Morgan fingerprint density at radius 2 is 2.00 bits per heavy atom. The Bertz CT molecular complexity index is 740. The van der Waals surface area contributed by atoms with Crippen LogP contribution in [0.2, 0.25) is 0 Å². The summed E-state index contributed by atoms with van der Waals surface area (Å²) in [5.74, 6) is 2.03. The summed E-state index contributed by atoms with van der Waals surface area (Å²) in [5.41, 5.74) is 3.94. The lowest BCUT2D eigenvalue weighted by Gasteiger charge is -2.38. The first-order chi connectivity index (χ1) is 10.8. The van der Waals surface area contributed by atoms with E-state index in [0.29, 0.717) is 17.9 Å². The van der Waals surface area contributed by atoms with E-state index in [2.05, 4.69) is 76.5 Å². The molecule has 4 rings (SSSR count). The van der Waals surface area contributed by atoms with Gasteiger partial charge in [-0.25, -0.2) is 0 Å². The minimum atomic E-state index is 0.295. The molecule has 1 N–H and O–H groups in total. The number of para-hydroxylation sites is 1. The van der Waals surface area contributed by atoms with Crippen molar-refractivity contribution in [1.29, 1.82) is 0 Å². The molecule has 0 saturated heterocycles. The van der Waals surface area contributed by atoms with E-state index < -0.39 is 0 Å². The topological polar surface area (TPSA) is 21.3 Å². The maximum Gasteiger partial charge on any atom is 0.124 e. The molecule has 0 bridgehead atoms. The van der Waals surface area contributed by atoms with Crippen LogP contribution < -0.4 is 10.1 Å². The monoisotopic (exact) mass is 403 g/mol. The molecule has 3 atom stereocenters. The number of hydrogen-bond acceptors (Lipinski definition) is 2. The van der Waals surface area contributed by atoms with E-state index >= 15 is 0 Å². The molecule has 3 heteroatoms. The molecule has 112 valence electrons. The van der Waals surface area contributed by atoms with Gasteiger partial charge in [-0.3, -0.25) is 0 Å². The van der Waals surface area contributed by atoms with E-state index in [1.807, 2.05) is 6.07 Å². The van der Waals surface area contributed by atoms with Crippen LogP contribution in [-0.4, -0.2) is 7.11 Å². The van der Waals surface area contributed by atoms with Gasteiger partial charge in [0.25, 0.3) is 0 Å². The van der Waals surface area contributed by atoms with Gasteiger partial charge >= 0.3 is 0 Å². The number of ether oxygens (including phenoxy) is 1.